The van der Waals surface area contributed by atoms with E-state index in [0.717, 1.165) is 25.7 Å². The summed E-state index contributed by atoms with van der Waals surface area (Å²) in [5, 5.41) is 11.3. The monoisotopic (exact) mass is 453 g/mol. The van der Waals surface area contributed by atoms with Gasteiger partial charge in [-0.3, -0.25) is 0 Å². The lowest BCUT2D eigenvalue weighted by Crippen LogP contribution is -2.24. The molecule has 0 radical (unpaired) electrons. The van der Waals surface area contributed by atoms with Gasteiger partial charge in [0.1, 0.15) is 0 Å². The van der Waals surface area contributed by atoms with Crippen LogP contribution in [0.3, 0.4) is 0 Å². The molecule has 192 valence electrons. The summed E-state index contributed by atoms with van der Waals surface area (Å²) >= 11 is 0. The smallest absolute Gasteiger partial charge is 0.0671 e. The molecule has 3 heteroatoms. The van der Waals surface area contributed by atoms with Gasteiger partial charge in [-0.25, -0.2) is 0 Å². The Morgan fingerprint density at radius 3 is 1.56 bits per heavy atom. The molecule has 0 atom stereocenters. The molecule has 0 fully saturated rings. The van der Waals surface area contributed by atoms with E-state index < -0.39 is 5.97 Å². The number of rotatable bonds is 23. The second-order valence-corrected chi connectivity index (χ2v) is 9.94. The third-order valence-electron chi connectivity index (χ3n) is 7.05. The number of carboxylic acids is 1. The number of aliphatic carboxylic acids is 1. The topological polar surface area (TPSA) is 76.6 Å². The Bertz CT molecular complexity index is 423. The first-order chi connectivity index (χ1) is 15.0. The van der Waals surface area contributed by atoms with E-state index in [9.17, 15) is 9.90 Å². The average molecular weight is 454 g/mol. The molecule has 32 heavy (non-hydrogen) atoms. The van der Waals surface area contributed by atoms with Crippen molar-refractivity contribution in [2.45, 2.75) is 163 Å². The highest BCUT2D eigenvalue weighted by molar-refractivity contribution is 5.84. The highest BCUT2D eigenvalue weighted by atomic mass is 16.4. The normalized spacial score (nSPS) is 12.1. The summed E-state index contributed by atoms with van der Waals surface area (Å²) in [5.41, 5.74) is 1.13. The van der Waals surface area contributed by atoms with Crippen LogP contribution in [0, 0.1) is 5.41 Å². The molecule has 3 nitrogen and oxygen atoms in total. The second-order valence-electron chi connectivity index (χ2n) is 9.94. The molecule has 0 heterocycles. The van der Waals surface area contributed by atoms with Gasteiger partial charge in [0, 0.05) is 0 Å². The summed E-state index contributed by atoms with van der Waals surface area (Å²) < 4.78 is 0. The standard InChI is InChI=1S/C29H56O2.H3N/c1-5-9-13-18-21-27(28(30)31)22-19-16-14-15-17-20-26-29(23-10-6-2,24-11-7-3)25-12-8-4;/h22H,5-21,23-26H2,1-4H3,(H,30,31);1H3. The van der Waals surface area contributed by atoms with Crippen LogP contribution in [0.4, 0.5) is 0 Å². The Hall–Kier alpha value is -0.830. The Morgan fingerprint density at radius 1 is 0.625 bits per heavy atom. The third-order valence-corrected chi connectivity index (χ3v) is 7.05. The van der Waals surface area contributed by atoms with E-state index in [0.29, 0.717) is 17.4 Å². The summed E-state index contributed by atoms with van der Waals surface area (Å²) in [6.45, 7) is 9.17. The minimum Gasteiger partial charge on any atom is -0.545 e. The lowest BCUT2D eigenvalue weighted by Gasteiger charge is -2.35. The van der Waals surface area contributed by atoms with E-state index >= 15 is 0 Å². The van der Waals surface area contributed by atoms with Crippen LogP contribution in [0.1, 0.15) is 163 Å². The van der Waals surface area contributed by atoms with Crippen molar-refractivity contribution in [2.75, 3.05) is 0 Å². The van der Waals surface area contributed by atoms with Crippen molar-refractivity contribution in [3.05, 3.63) is 11.6 Å². The van der Waals surface area contributed by atoms with E-state index in [4.69, 9.17) is 0 Å². The van der Waals surface area contributed by atoms with E-state index in [1.807, 2.05) is 6.08 Å². The Kier molecular flexibility index (Phi) is 24.3. The Balaban J connectivity index is 0. The molecule has 0 unspecified atom stereocenters. The molecule has 0 aromatic carbocycles. The molecule has 0 aromatic rings. The van der Waals surface area contributed by atoms with Gasteiger partial charge in [0.05, 0.1) is 5.97 Å². The number of unbranched alkanes of at least 4 members (excludes halogenated alkanes) is 11. The molecule has 0 aliphatic carbocycles. The number of hydrogen-bond acceptors (Lipinski definition) is 2. The van der Waals surface area contributed by atoms with Crippen LogP contribution in [-0.2, 0) is 4.79 Å². The maximum absolute atomic E-state index is 11.3. The fraction of sp³-hybridized carbons (Fsp3) is 0.897. The maximum atomic E-state index is 11.3. The Morgan fingerprint density at radius 2 is 1.06 bits per heavy atom. The molecule has 0 aliphatic rings. The summed E-state index contributed by atoms with van der Waals surface area (Å²) in [7, 11) is 0. The summed E-state index contributed by atoms with van der Waals surface area (Å²) in [6.07, 6.45) is 28.1. The van der Waals surface area contributed by atoms with Crippen LogP contribution < -0.4 is 11.3 Å². The van der Waals surface area contributed by atoms with Gasteiger partial charge in [-0.15, -0.1) is 0 Å². The largest absolute Gasteiger partial charge is 0.545 e. The van der Waals surface area contributed by atoms with Crippen molar-refractivity contribution in [3.63, 3.8) is 0 Å². The van der Waals surface area contributed by atoms with Crippen molar-refractivity contribution in [1.82, 2.24) is 6.15 Å². The van der Waals surface area contributed by atoms with Crippen molar-refractivity contribution in [1.29, 1.82) is 0 Å². The van der Waals surface area contributed by atoms with Gasteiger partial charge in [-0.1, -0.05) is 117 Å². The minimum absolute atomic E-state index is 0. The molecule has 0 rings (SSSR count). The van der Waals surface area contributed by atoms with Crippen molar-refractivity contribution in [3.8, 4) is 0 Å². The molecule has 0 amide bonds. The van der Waals surface area contributed by atoms with Crippen molar-refractivity contribution >= 4 is 5.97 Å². The zero-order valence-electron chi connectivity index (χ0n) is 22.7. The molecular weight excluding hydrogens is 394 g/mol. The molecule has 0 bridgehead atoms. The van der Waals surface area contributed by atoms with E-state index in [1.54, 1.807) is 0 Å². The third kappa shape index (κ3) is 17.7. The highest BCUT2D eigenvalue weighted by Gasteiger charge is 2.27. The van der Waals surface area contributed by atoms with Gasteiger partial charge in [0.2, 0.25) is 0 Å². The summed E-state index contributed by atoms with van der Waals surface area (Å²) in [6, 6.07) is 0. The van der Waals surface area contributed by atoms with Crippen LogP contribution in [-0.4, -0.2) is 5.97 Å². The van der Waals surface area contributed by atoms with Gasteiger partial charge >= 0.3 is 0 Å². The summed E-state index contributed by atoms with van der Waals surface area (Å²) in [4.78, 5) is 11.3. The predicted octanol–water partition coefficient (Wildman–Crippen LogP) is 9.30. The fourth-order valence-corrected chi connectivity index (χ4v) is 4.89. The van der Waals surface area contributed by atoms with Crippen LogP contribution >= 0.6 is 0 Å². The predicted molar refractivity (Wildman–Crippen MR) is 141 cm³/mol. The van der Waals surface area contributed by atoms with E-state index in [2.05, 4.69) is 27.7 Å². The van der Waals surface area contributed by atoms with Crippen LogP contribution in [0.15, 0.2) is 11.6 Å². The molecule has 0 saturated carbocycles. The second kappa shape index (κ2) is 23.3. The lowest BCUT2D eigenvalue weighted by molar-refractivity contribution is -0.299. The van der Waals surface area contributed by atoms with Crippen molar-refractivity contribution < 1.29 is 9.90 Å². The maximum Gasteiger partial charge on any atom is 0.0671 e. The van der Waals surface area contributed by atoms with Gasteiger partial charge < -0.3 is 16.1 Å². The quantitative estimate of drug-likeness (QED) is 0.123. The Labute approximate surface area is 201 Å². The fourth-order valence-electron chi connectivity index (χ4n) is 4.89. The number of hydrogen-bond donors (Lipinski definition) is 1. The number of carboxylic acid groups (broad SMARTS) is 1. The first kappa shape index (κ1) is 33.3. The van der Waals surface area contributed by atoms with Gasteiger partial charge in [0.25, 0.3) is 0 Å². The highest BCUT2D eigenvalue weighted by Crippen LogP contribution is 2.41. The number of carbonyl (C=O) groups excluding carboxylic acids is 1. The lowest BCUT2D eigenvalue weighted by atomic mass is 9.71. The number of quaternary nitrogens is 1. The zero-order chi connectivity index (χ0) is 23.2. The first-order valence-corrected chi connectivity index (χ1v) is 14.0. The molecule has 0 aromatic heterocycles. The average Bonchev–Trinajstić information content (AvgIpc) is 2.77. The molecule has 0 aliphatic heterocycles. The molecule has 4 N–H and O–H groups in total. The SMILES string of the molecule is CCCCCCC(=CCCCCCCCC(CCCC)(CCCC)CCCC)C(=O)[O-].[NH4+]. The van der Waals surface area contributed by atoms with Gasteiger partial charge in [-0.05, 0) is 62.4 Å². The van der Waals surface area contributed by atoms with Gasteiger partial charge in [-0.2, -0.15) is 0 Å². The van der Waals surface area contributed by atoms with Crippen LogP contribution in [0.5, 0.6) is 0 Å². The van der Waals surface area contributed by atoms with Crippen LogP contribution in [0.2, 0.25) is 0 Å². The zero-order valence-corrected chi connectivity index (χ0v) is 22.7. The first-order valence-electron chi connectivity index (χ1n) is 14.0. The molecular formula is C29H59NO2. The number of allylic oxidation sites excluding steroid dienone is 1. The number of carbonyl (C=O) groups is 1. The van der Waals surface area contributed by atoms with E-state index in [-0.39, 0.29) is 6.15 Å². The van der Waals surface area contributed by atoms with Crippen molar-refractivity contribution in [2.24, 2.45) is 5.41 Å². The van der Waals surface area contributed by atoms with Crippen LogP contribution in [0.25, 0.3) is 0 Å². The molecule has 0 spiro atoms. The van der Waals surface area contributed by atoms with E-state index in [1.165, 1.54) is 103 Å². The summed E-state index contributed by atoms with van der Waals surface area (Å²) in [5.74, 6) is -0.959. The minimum atomic E-state index is -0.959. The van der Waals surface area contributed by atoms with Gasteiger partial charge in [0.15, 0.2) is 0 Å². The molecule has 0 saturated heterocycles.